The van der Waals surface area contributed by atoms with Crippen LogP contribution in [-0.2, 0) is 18.6 Å². The van der Waals surface area contributed by atoms with Crippen LogP contribution in [0, 0.1) is 0 Å². The Hall–Kier alpha value is -1.62. The SMILES string of the molecule is C(=Nc1c(C2CCCCC2)cc(C2CCCCC2)cc1C1CCCCC1)c1cccc(C=Nc2c(C3CCCCC3)cc(C3CCCCC3)cc2C2CCCCC2)n1.[Cl-].[Cl-].[Cl-].[V]. The third-order valence-corrected chi connectivity index (χ3v) is 16.2. The smallest absolute Gasteiger partial charge is 0.0820 e. The molecule has 0 amide bonds. The van der Waals surface area contributed by atoms with Crippen molar-refractivity contribution in [3.8, 4) is 0 Å². The van der Waals surface area contributed by atoms with E-state index in [-0.39, 0.29) is 55.8 Å². The third-order valence-electron chi connectivity index (χ3n) is 16.2. The Bertz CT molecular complexity index is 1650. The van der Waals surface area contributed by atoms with Crippen molar-refractivity contribution in [2.45, 2.75) is 228 Å². The molecule has 1 radical (unpaired) electrons. The van der Waals surface area contributed by atoms with Crippen molar-refractivity contribution in [3.05, 3.63) is 87.2 Å². The largest absolute Gasteiger partial charge is 1.00 e. The van der Waals surface area contributed by atoms with Gasteiger partial charge in [0.2, 0.25) is 0 Å². The fourth-order valence-electron chi connectivity index (χ4n) is 12.8. The second-order valence-electron chi connectivity index (χ2n) is 20.1. The maximum Gasteiger partial charge on any atom is 0.0820 e. The van der Waals surface area contributed by atoms with Crippen LogP contribution in [0.3, 0.4) is 0 Å². The Morgan fingerprint density at radius 1 is 0.355 bits per heavy atom. The van der Waals surface area contributed by atoms with Gasteiger partial charge in [-0.15, -0.1) is 0 Å². The first-order chi connectivity index (χ1) is 28.8. The summed E-state index contributed by atoms with van der Waals surface area (Å²) in [5, 5.41) is 0. The Labute approximate surface area is 407 Å². The average Bonchev–Trinajstić information content (AvgIpc) is 3.31. The minimum Gasteiger partial charge on any atom is -1.00 e. The molecule has 7 heteroatoms. The molecule has 0 spiro atoms. The Morgan fingerprint density at radius 3 is 0.855 bits per heavy atom. The summed E-state index contributed by atoms with van der Waals surface area (Å²) in [7, 11) is 0. The van der Waals surface area contributed by atoms with Gasteiger partial charge < -0.3 is 37.2 Å². The molecule has 1 aromatic heterocycles. The molecule has 62 heavy (non-hydrogen) atoms. The molecule has 0 saturated heterocycles. The van der Waals surface area contributed by atoms with Gasteiger partial charge in [-0.1, -0.05) is 146 Å². The fourth-order valence-corrected chi connectivity index (χ4v) is 12.8. The number of hydrogen-bond donors (Lipinski definition) is 0. The quantitative estimate of drug-likeness (QED) is 0.191. The van der Waals surface area contributed by atoms with Gasteiger partial charge in [0.05, 0.1) is 35.2 Å². The number of pyridine rings is 1. The van der Waals surface area contributed by atoms with Gasteiger partial charge in [-0.25, -0.2) is 4.98 Å². The molecule has 6 aliphatic carbocycles. The number of hydrogen-bond acceptors (Lipinski definition) is 3. The summed E-state index contributed by atoms with van der Waals surface area (Å²) < 4.78 is 0. The number of aromatic nitrogens is 1. The number of halogens is 3. The third kappa shape index (κ3) is 12.8. The topological polar surface area (TPSA) is 37.6 Å². The monoisotopic (exact) mass is 933 g/mol. The molecule has 3 nitrogen and oxygen atoms in total. The first kappa shape index (κ1) is 51.4. The van der Waals surface area contributed by atoms with Crippen LogP contribution in [0.25, 0.3) is 0 Å². The van der Waals surface area contributed by atoms with Crippen LogP contribution in [0.2, 0.25) is 0 Å². The normalized spacial score (nSPS) is 21.8. The molecule has 0 N–H and O–H groups in total. The van der Waals surface area contributed by atoms with E-state index in [1.54, 1.807) is 33.4 Å². The van der Waals surface area contributed by atoms with Crippen LogP contribution in [0.1, 0.15) is 273 Å². The van der Waals surface area contributed by atoms with Crippen molar-refractivity contribution in [2.75, 3.05) is 0 Å². The maximum atomic E-state index is 5.55. The number of rotatable bonds is 10. The molecule has 6 saturated carbocycles. The minimum absolute atomic E-state index is 0. The molecule has 6 fully saturated rings. The van der Waals surface area contributed by atoms with Gasteiger partial charge in [0.25, 0.3) is 0 Å². The van der Waals surface area contributed by atoms with Crippen molar-refractivity contribution in [1.29, 1.82) is 0 Å². The zero-order valence-electron chi connectivity index (χ0n) is 37.8. The fraction of sp³-hybridized carbons (Fsp3) is 0.655. The Kier molecular flexibility index (Phi) is 21.5. The van der Waals surface area contributed by atoms with Crippen molar-refractivity contribution < 1.29 is 55.8 Å². The molecule has 0 bridgehead atoms. The van der Waals surface area contributed by atoms with Crippen molar-refractivity contribution in [1.82, 2.24) is 4.98 Å². The molecule has 0 aliphatic heterocycles. The van der Waals surface area contributed by atoms with Crippen molar-refractivity contribution >= 4 is 23.8 Å². The predicted octanol–water partition coefficient (Wildman–Crippen LogP) is 7.88. The molecule has 1 heterocycles. The van der Waals surface area contributed by atoms with E-state index < -0.39 is 0 Å². The summed E-state index contributed by atoms with van der Waals surface area (Å²) in [6, 6.07) is 17.2. The summed E-state index contributed by atoms with van der Waals surface area (Å²) in [5.74, 6) is 4.02. The second-order valence-corrected chi connectivity index (χ2v) is 20.1. The van der Waals surface area contributed by atoms with Gasteiger partial charge in [-0.2, -0.15) is 0 Å². The predicted molar refractivity (Wildman–Crippen MR) is 247 cm³/mol. The van der Waals surface area contributed by atoms with Gasteiger partial charge in [-0.05, 0) is 158 Å². The van der Waals surface area contributed by atoms with Crippen LogP contribution < -0.4 is 37.2 Å². The summed E-state index contributed by atoms with van der Waals surface area (Å²) >= 11 is 0. The first-order valence-electron chi connectivity index (χ1n) is 25.2. The van der Waals surface area contributed by atoms with Crippen LogP contribution in [0.15, 0.2) is 52.4 Å². The van der Waals surface area contributed by atoms with E-state index in [1.165, 1.54) is 204 Å². The Balaban J connectivity index is 0.00000181. The molecule has 2 aromatic carbocycles. The van der Waals surface area contributed by atoms with Crippen molar-refractivity contribution in [3.63, 3.8) is 0 Å². The van der Waals surface area contributed by atoms with Gasteiger partial charge in [-0.3, -0.25) is 9.98 Å². The molecule has 0 unspecified atom stereocenters. The number of nitrogens with zero attached hydrogens (tertiary/aromatic N) is 3. The van der Waals surface area contributed by atoms with E-state index in [1.807, 2.05) is 0 Å². The number of benzene rings is 2. The summed E-state index contributed by atoms with van der Waals surface area (Å²) in [5.41, 5.74) is 14.1. The molecule has 9 rings (SSSR count). The summed E-state index contributed by atoms with van der Waals surface area (Å²) in [6.07, 6.45) is 45.1. The average molecular weight is 936 g/mol. The van der Waals surface area contributed by atoms with Crippen LogP contribution in [0.5, 0.6) is 0 Å². The molecule has 6 aliphatic rings. The van der Waals surface area contributed by atoms with Gasteiger partial charge in [0.1, 0.15) is 0 Å². The first-order valence-corrected chi connectivity index (χ1v) is 25.2. The molecular weight excluding hydrogens is 860 g/mol. The minimum atomic E-state index is 0. The maximum absolute atomic E-state index is 5.55. The van der Waals surface area contributed by atoms with E-state index >= 15 is 0 Å². The zero-order chi connectivity index (χ0) is 38.9. The van der Waals surface area contributed by atoms with Gasteiger partial charge in [0.15, 0.2) is 0 Å². The standard InChI is InChI=1S/C55H75N3.3ClH.V/c1-7-20-40(21-8-1)46-34-50(42-24-11-3-12-25-42)54(51(35-46)43-26-13-4-14-27-43)56-38-48-32-19-33-49(58-48)39-57-55-52(44-28-15-5-16-29-44)36-47(41-22-9-2-10-23-41)37-53(55)45-30-17-6-18-31-45;;;;/h19,32-45H,1-18,20-31H2;3*1H;/p-3. The van der Waals surface area contributed by atoms with Crippen LogP contribution in [-0.4, -0.2) is 17.4 Å². The van der Waals surface area contributed by atoms with Gasteiger partial charge in [0, 0.05) is 18.6 Å². The van der Waals surface area contributed by atoms with E-state index in [0.717, 1.165) is 23.2 Å². The molecule has 0 atom stereocenters. The molecule has 3 aromatic rings. The van der Waals surface area contributed by atoms with Crippen molar-refractivity contribution in [2.24, 2.45) is 9.98 Å². The number of aliphatic imine (C=N–C) groups is 2. The van der Waals surface area contributed by atoms with E-state index in [0.29, 0.717) is 23.7 Å². The summed E-state index contributed by atoms with van der Waals surface area (Å²) in [4.78, 5) is 16.3. The van der Waals surface area contributed by atoms with Crippen LogP contribution >= 0.6 is 0 Å². The molecular formula is C55H75Cl3N3V-3. The van der Waals surface area contributed by atoms with Gasteiger partial charge >= 0.3 is 0 Å². The second kappa shape index (κ2) is 25.9. The zero-order valence-corrected chi connectivity index (χ0v) is 41.5. The van der Waals surface area contributed by atoms with E-state index in [9.17, 15) is 0 Å². The Morgan fingerprint density at radius 2 is 0.597 bits per heavy atom. The summed E-state index contributed by atoms with van der Waals surface area (Å²) in [6.45, 7) is 0. The molecule has 339 valence electrons. The van der Waals surface area contributed by atoms with Crippen LogP contribution in [0.4, 0.5) is 11.4 Å². The van der Waals surface area contributed by atoms with E-state index in [4.69, 9.17) is 15.0 Å². The van der Waals surface area contributed by atoms with E-state index in [2.05, 4.69) is 54.9 Å².